The summed E-state index contributed by atoms with van der Waals surface area (Å²) in [4.78, 5) is 7.35. The molecule has 0 aliphatic carbocycles. The summed E-state index contributed by atoms with van der Waals surface area (Å²) in [5, 5.41) is 0. The van der Waals surface area contributed by atoms with Crippen LogP contribution in [0.25, 0.3) is 11.0 Å². The highest BCUT2D eigenvalue weighted by atomic mass is 79.9. The normalized spacial score (nSPS) is 17.3. The number of rotatable bonds is 5. The van der Waals surface area contributed by atoms with Crippen LogP contribution in [0.1, 0.15) is 30.3 Å². The lowest BCUT2D eigenvalue weighted by atomic mass is 9.96. The lowest BCUT2D eigenvalue weighted by molar-refractivity contribution is 0.205. The van der Waals surface area contributed by atoms with Crippen LogP contribution in [0.4, 0.5) is 0 Å². The first-order valence-electron chi connectivity index (χ1n) is 9.84. The molecule has 4 rings (SSSR count). The van der Waals surface area contributed by atoms with Gasteiger partial charge in [0.15, 0.2) is 0 Å². The van der Waals surface area contributed by atoms with Crippen molar-refractivity contribution in [3.8, 4) is 0 Å². The van der Waals surface area contributed by atoms with Crippen LogP contribution >= 0.6 is 31.9 Å². The van der Waals surface area contributed by atoms with E-state index in [1.54, 1.807) is 0 Å². The van der Waals surface area contributed by atoms with Gasteiger partial charge in [0.05, 0.1) is 17.1 Å². The van der Waals surface area contributed by atoms with Crippen LogP contribution in [0.2, 0.25) is 0 Å². The smallest absolute Gasteiger partial charge is 0.127 e. The van der Waals surface area contributed by atoms with E-state index in [0.717, 1.165) is 33.3 Å². The maximum Gasteiger partial charge on any atom is 0.127 e. The first-order valence-corrected chi connectivity index (χ1v) is 11.4. The number of fused-ring (bicyclic) bond motifs is 1. The van der Waals surface area contributed by atoms with Gasteiger partial charge in [0, 0.05) is 15.5 Å². The Labute approximate surface area is 183 Å². The summed E-state index contributed by atoms with van der Waals surface area (Å²) in [7, 11) is 2.21. The molecule has 3 aromatic rings. The van der Waals surface area contributed by atoms with E-state index in [2.05, 4.69) is 90.8 Å². The molecule has 1 atom stereocenters. The zero-order valence-electron chi connectivity index (χ0n) is 16.1. The van der Waals surface area contributed by atoms with Crippen molar-refractivity contribution in [2.24, 2.45) is 11.7 Å². The highest BCUT2D eigenvalue weighted by Gasteiger charge is 2.22. The molecule has 4 nitrogen and oxygen atoms in total. The molecule has 1 fully saturated rings. The van der Waals surface area contributed by atoms with Crippen LogP contribution in [-0.4, -0.2) is 34.6 Å². The lowest BCUT2D eigenvalue weighted by Gasteiger charge is -2.30. The van der Waals surface area contributed by atoms with Crippen LogP contribution in [0.3, 0.4) is 0 Å². The number of benzene rings is 2. The number of hydrogen-bond acceptors (Lipinski definition) is 3. The van der Waals surface area contributed by atoms with Crippen LogP contribution in [0.15, 0.2) is 51.4 Å². The predicted molar refractivity (Wildman–Crippen MR) is 122 cm³/mol. The lowest BCUT2D eigenvalue weighted by Crippen LogP contribution is -2.32. The molecular formula is C22H26Br2N4. The van der Waals surface area contributed by atoms with E-state index >= 15 is 0 Å². The molecule has 6 heteroatoms. The van der Waals surface area contributed by atoms with Crippen molar-refractivity contribution in [3.63, 3.8) is 0 Å². The largest absolute Gasteiger partial charge is 0.326 e. The van der Waals surface area contributed by atoms with Gasteiger partial charge in [-0.2, -0.15) is 0 Å². The van der Waals surface area contributed by atoms with Gasteiger partial charge in [-0.3, -0.25) is 0 Å². The highest BCUT2D eigenvalue weighted by molar-refractivity contribution is 9.13. The molecule has 28 heavy (non-hydrogen) atoms. The van der Waals surface area contributed by atoms with Crippen LogP contribution in [0.5, 0.6) is 0 Å². The average Bonchev–Trinajstić information content (AvgIpc) is 3.05. The summed E-state index contributed by atoms with van der Waals surface area (Å²) in [5.41, 5.74) is 10.1. The number of aromatic nitrogens is 2. The third-order valence-corrected chi connectivity index (χ3v) is 7.61. The van der Waals surface area contributed by atoms with Crippen molar-refractivity contribution in [2.45, 2.75) is 31.8 Å². The monoisotopic (exact) mass is 504 g/mol. The zero-order chi connectivity index (χ0) is 19.7. The fourth-order valence-corrected chi connectivity index (χ4v) is 4.76. The SMILES string of the molecule is CN1CCC(Cn2c(C(N)Cc3ccc(Br)c(Br)c3)nc3ccccc32)CC1. The summed E-state index contributed by atoms with van der Waals surface area (Å²) in [6.07, 6.45) is 3.23. The topological polar surface area (TPSA) is 47.1 Å². The molecule has 0 saturated carbocycles. The fourth-order valence-electron chi connectivity index (χ4n) is 4.08. The zero-order valence-corrected chi connectivity index (χ0v) is 19.3. The maximum absolute atomic E-state index is 6.69. The average molecular weight is 506 g/mol. The molecule has 0 amide bonds. The van der Waals surface area contributed by atoms with Crippen molar-refractivity contribution in [3.05, 3.63) is 62.8 Å². The van der Waals surface area contributed by atoms with Gasteiger partial charge in [-0.15, -0.1) is 0 Å². The Morgan fingerprint density at radius 2 is 1.86 bits per heavy atom. The number of imidazole rings is 1. The summed E-state index contributed by atoms with van der Waals surface area (Å²) in [5.74, 6) is 1.68. The van der Waals surface area contributed by atoms with Gasteiger partial charge in [0.25, 0.3) is 0 Å². The van der Waals surface area contributed by atoms with Crippen molar-refractivity contribution < 1.29 is 0 Å². The van der Waals surface area contributed by atoms with Gasteiger partial charge in [0.1, 0.15) is 5.82 Å². The molecule has 2 N–H and O–H groups in total. The molecule has 1 aliphatic heterocycles. The van der Waals surface area contributed by atoms with E-state index in [0.29, 0.717) is 5.92 Å². The highest BCUT2D eigenvalue weighted by Crippen LogP contribution is 2.28. The molecule has 2 aromatic carbocycles. The quantitative estimate of drug-likeness (QED) is 0.521. The third-order valence-electron chi connectivity index (χ3n) is 5.73. The fraction of sp³-hybridized carbons (Fsp3) is 0.409. The van der Waals surface area contributed by atoms with Gasteiger partial charge in [0.2, 0.25) is 0 Å². The van der Waals surface area contributed by atoms with Crippen molar-refractivity contribution in [1.82, 2.24) is 14.5 Å². The Morgan fingerprint density at radius 1 is 1.11 bits per heavy atom. The van der Waals surface area contributed by atoms with Gasteiger partial charge >= 0.3 is 0 Å². The minimum absolute atomic E-state index is 0.133. The molecular weight excluding hydrogens is 480 g/mol. The van der Waals surface area contributed by atoms with Crippen molar-refractivity contribution >= 4 is 42.9 Å². The van der Waals surface area contributed by atoms with Gasteiger partial charge in [-0.25, -0.2) is 4.98 Å². The third kappa shape index (κ3) is 4.35. The number of piperidine rings is 1. The van der Waals surface area contributed by atoms with E-state index in [9.17, 15) is 0 Å². The molecule has 0 bridgehead atoms. The van der Waals surface area contributed by atoms with E-state index in [4.69, 9.17) is 10.7 Å². The van der Waals surface area contributed by atoms with Gasteiger partial charge < -0.3 is 15.2 Å². The van der Waals surface area contributed by atoms with Crippen LogP contribution in [0, 0.1) is 5.92 Å². The van der Waals surface area contributed by atoms with E-state index < -0.39 is 0 Å². The first-order chi connectivity index (χ1) is 13.5. The Balaban J connectivity index is 1.62. The number of hydrogen-bond donors (Lipinski definition) is 1. The van der Waals surface area contributed by atoms with Crippen molar-refractivity contribution in [1.29, 1.82) is 0 Å². The standard InChI is InChI=1S/C22H26Br2N4/c1-27-10-8-15(9-11-27)14-28-21-5-3-2-4-20(21)26-22(28)19(25)13-16-6-7-17(23)18(24)12-16/h2-7,12,15,19H,8-11,13-14,25H2,1H3. The summed E-state index contributed by atoms with van der Waals surface area (Å²) < 4.78 is 4.49. The van der Waals surface area contributed by atoms with Gasteiger partial charge in [-0.1, -0.05) is 18.2 Å². The second-order valence-electron chi connectivity index (χ2n) is 7.88. The van der Waals surface area contributed by atoms with Gasteiger partial charge in [-0.05, 0) is 107 Å². The molecule has 0 spiro atoms. The molecule has 1 aliphatic rings. The van der Waals surface area contributed by atoms with E-state index in [1.165, 1.54) is 37.0 Å². The van der Waals surface area contributed by atoms with E-state index in [-0.39, 0.29) is 6.04 Å². The molecule has 1 unspecified atom stereocenters. The van der Waals surface area contributed by atoms with Crippen LogP contribution in [-0.2, 0) is 13.0 Å². The Kier molecular flexibility index (Phi) is 6.21. The molecule has 0 radical (unpaired) electrons. The molecule has 1 aromatic heterocycles. The molecule has 1 saturated heterocycles. The summed E-state index contributed by atoms with van der Waals surface area (Å²) in [6, 6.07) is 14.6. The number of nitrogens with zero attached hydrogens (tertiary/aromatic N) is 3. The number of nitrogens with two attached hydrogens (primary N) is 1. The molecule has 148 valence electrons. The minimum atomic E-state index is -0.133. The Hall–Kier alpha value is -1.21. The summed E-state index contributed by atoms with van der Waals surface area (Å²) >= 11 is 7.13. The number of likely N-dealkylation sites (tertiary alicyclic amines) is 1. The van der Waals surface area contributed by atoms with Crippen molar-refractivity contribution in [2.75, 3.05) is 20.1 Å². The first kappa shape index (κ1) is 20.1. The second-order valence-corrected chi connectivity index (χ2v) is 9.58. The minimum Gasteiger partial charge on any atom is -0.326 e. The second kappa shape index (κ2) is 8.66. The number of para-hydroxylation sites is 2. The Morgan fingerprint density at radius 3 is 2.61 bits per heavy atom. The summed E-state index contributed by atoms with van der Waals surface area (Å²) in [6.45, 7) is 3.35. The maximum atomic E-state index is 6.69. The molecule has 2 heterocycles. The predicted octanol–water partition coefficient (Wildman–Crippen LogP) is 5.15. The number of halogens is 2. The Bertz CT molecular complexity index is 960. The van der Waals surface area contributed by atoms with E-state index in [1.807, 2.05) is 0 Å². The van der Waals surface area contributed by atoms with Crippen LogP contribution < -0.4 is 5.73 Å².